The molecule has 0 spiro atoms. The maximum Gasteiger partial charge on any atom is 0.474 e. The highest BCUT2D eigenvalue weighted by atomic mass is 31.2. The second-order valence-electron chi connectivity index (χ2n) is 5.71. The minimum absolute atomic E-state index is 0.313. The molecule has 1 aromatic carbocycles. The second kappa shape index (κ2) is 8.83. The van der Waals surface area contributed by atoms with Crippen molar-refractivity contribution in [2.75, 3.05) is 20.3 Å². The first-order valence-electron chi connectivity index (χ1n) is 8.20. The summed E-state index contributed by atoms with van der Waals surface area (Å²) in [5, 5.41) is 0. The first-order chi connectivity index (χ1) is 10.7. The van der Waals surface area contributed by atoms with Crippen LogP contribution in [0.1, 0.15) is 56.1 Å². The third kappa shape index (κ3) is 5.20. The Morgan fingerprint density at radius 1 is 1.14 bits per heavy atom. The summed E-state index contributed by atoms with van der Waals surface area (Å²) < 4.78 is 27.0. The van der Waals surface area contributed by atoms with Crippen LogP contribution in [0, 0.1) is 0 Å². The highest BCUT2D eigenvalue weighted by molar-refractivity contribution is 7.48. The lowest BCUT2D eigenvalue weighted by molar-refractivity contribution is 0.135. The number of aryl methyl sites for hydroxylation is 1. The van der Waals surface area contributed by atoms with E-state index in [1.165, 1.54) is 43.9 Å². The Morgan fingerprint density at radius 3 is 2.41 bits per heavy atom. The molecule has 0 aromatic heterocycles. The van der Waals surface area contributed by atoms with Crippen LogP contribution >= 0.6 is 7.82 Å². The van der Waals surface area contributed by atoms with E-state index in [0.29, 0.717) is 13.2 Å². The Labute approximate surface area is 133 Å². The average molecular weight is 326 g/mol. The van der Waals surface area contributed by atoms with Gasteiger partial charge in [-0.1, -0.05) is 37.1 Å². The average Bonchev–Trinajstić information content (AvgIpc) is 3.07. The number of phosphoric ester groups is 1. The summed E-state index contributed by atoms with van der Waals surface area (Å²) in [6.07, 6.45) is 7.09. The fraction of sp³-hybridized carbons (Fsp3) is 0.647. The van der Waals surface area contributed by atoms with Gasteiger partial charge in [0, 0.05) is 7.11 Å². The summed E-state index contributed by atoms with van der Waals surface area (Å²) in [6, 6.07) is 8.91. The molecule has 0 bridgehead atoms. The Kier molecular flexibility index (Phi) is 7.10. The van der Waals surface area contributed by atoms with E-state index in [2.05, 4.69) is 24.3 Å². The monoisotopic (exact) mass is 326 g/mol. The molecule has 1 atom stereocenters. The fourth-order valence-electron chi connectivity index (χ4n) is 2.97. The molecule has 0 saturated heterocycles. The molecule has 4 nitrogen and oxygen atoms in total. The molecule has 1 aliphatic rings. The number of hydrogen-bond acceptors (Lipinski definition) is 4. The van der Waals surface area contributed by atoms with E-state index in [4.69, 9.17) is 13.6 Å². The van der Waals surface area contributed by atoms with E-state index >= 15 is 0 Å². The molecule has 0 radical (unpaired) electrons. The van der Waals surface area contributed by atoms with Gasteiger partial charge in [-0.3, -0.25) is 13.6 Å². The Morgan fingerprint density at radius 2 is 1.82 bits per heavy atom. The predicted molar refractivity (Wildman–Crippen MR) is 88.2 cm³/mol. The van der Waals surface area contributed by atoms with E-state index in [0.717, 1.165) is 18.8 Å². The van der Waals surface area contributed by atoms with E-state index in [-0.39, 0.29) is 0 Å². The minimum atomic E-state index is -3.34. The zero-order chi connectivity index (χ0) is 15.8. The van der Waals surface area contributed by atoms with Crippen LogP contribution < -0.4 is 0 Å². The maximum atomic E-state index is 11.9. The van der Waals surface area contributed by atoms with Crippen molar-refractivity contribution in [1.82, 2.24) is 0 Å². The molecule has 0 heterocycles. The van der Waals surface area contributed by atoms with Crippen LogP contribution in [-0.2, 0) is 24.6 Å². The van der Waals surface area contributed by atoms with E-state index in [1.807, 2.05) is 0 Å². The number of benzene rings is 1. The molecule has 2 rings (SSSR count). The molecular formula is C17H27O4P. The number of hydrogen-bond donors (Lipinski definition) is 0. The molecule has 22 heavy (non-hydrogen) atoms. The molecule has 1 unspecified atom stereocenters. The van der Waals surface area contributed by atoms with Gasteiger partial charge in [-0.15, -0.1) is 0 Å². The lowest BCUT2D eigenvalue weighted by atomic mass is 9.96. The fourth-order valence-corrected chi connectivity index (χ4v) is 3.92. The predicted octanol–water partition coefficient (Wildman–Crippen LogP) is 5.08. The summed E-state index contributed by atoms with van der Waals surface area (Å²) in [5.41, 5.74) is 2.76. The zero-order valence-electron chi connectivity index (χ0n) is 13.6. The third-order valence-electron chi connectivity index (χ3n) is 4.18. The van der Waals surface area contributed by atoms with Gasteiger partial charge in [0.1, 0.15) is 0 Å². The molecule has 1 aliphatic carbocycles. The Balaban J connectivity index is 1.74. The molecule has 0 amide bonds. The van der Waals surface area contributed by atoms with Crippen molar-refractivity contribution in [2.24, 2.45) is 0 Å². The topological polar surface area (TPSA) is 44.8 Å². The second-order valence-corrected chi connectivity index (χ2v) is 7.48. The van der Waals surface area contributed by atoms with Gasteiger partial charge in [0.25, 0.3) is 0 Å². The van der Waals surface area contributed by atoms with Gasteiger partial charge in [0.2, 0.25) is 0 Å². The molecule has 0 N–H and O–H groups in total. The standard InChI is InChI=1S/C17H27O4P/c1-3-20-22(18,19-2)21-14-6-7-15-10-12-17(13-11-15)16-8-4-5-9-16/h10-13,16H,3-9,14H2,1-2H3. The van der Waals surface area contributed by atoms with Crippen LogP contribution in [0.4, 0.5) is 0 Å². The Bertz CT molecular complexity index is 480. The van der Waals surface area contributed by atoms with Crippen molar-refractivity contribution in [3.05, 3.63) is 35.4 Å². The molecule has 124 valence electrons. The van der Waals surface area contributed by atoms with Gasteiger partial charge in [0.05, 0.1) is 13.2 Å². The van der Waals surface area contributed by atoms with Crippen molar-refractivity contribution in [3.63, 3.8) is 0 Å². The van der Waals surface area contributed by atoms with Crippen molar-refractivity contribution < 1.29 is 18.1 Å². The molecule has 1 aromatic rings. The van der Waals surface area contributed by atoms with Gasteiger partial charge in [0.15, 0.2) is 0 Å². The first-order valence-corrected chi connectivity index (χ1v) is 9.66. The highest BCUT2D eigenvalue weighted by Crippen LogP contribution is 2.48. The van der Waals surface area contributed by atoms with Crippen molar-refractivity contribution in [2.45, 2.75) is 51.4 Å². The number of phosphoric acid groups is 1. The summed E-state index contributed by atoms with van der Waals surface area (Å²) in [5.74, 6) is 0.760. The lowest BCUT2D eigenvalue weighted by Gasteiger charge is -2.14. The SMILES string of the molecule is CCOP(=O)(OC)OCCCc1ccc(C2CCCC2)cc1. The normalized spacial score (nSPS) is 18.5. The van der Waals surface area contributed by atoms with Crippen molar-refractivity contribution in [1.29, 1.82) is 0 Å². The third-order valence-corrected chi connectivity index (χ3v) is 5.70. The van der Waals surface area contributed by atoms with E-state index in [1.54, 1.807) is 6.92 Å². The zero-order valence-corrected chi connectivity index (χ0v) is 14.5. The van der Waals surface area contributed by atoms with Crippen LogP contribution in [0.25, 0.3) is 0 Å². The largest absolute Gasteiger partial charge is 0.474 e. The van der Waals surface area contributed by atoms with Crippen molar-refractivity contribution in [3.8, 4) is 0 Å². The van der Waals surface area contributed by atoms with Gasteiger partial charge in [-0.2, -0.15) is 0 Å². The smallest absolute Gasteiger partial charge is 0.290 e. The molecule has 1 fully saturated rings. The van der Waals surface area contributed by atoms with E-state index in [9.17, 15) is 4.57 Å². The summed E-state index contributed by atoms with van der Waals surface area (Å²) >= 11 is 0. The maximum absolute atomic E-state index is 11.9. The summed E-state index contributed by atoms with van der Waals surface area (Å²) in [7, 11) is -2.00. The summed E-state index contributed by atoms with van der Waals surface area (Å²) in [6.45, 7) is 2.45. The quantitative estimate of drug-likeness (QED) is 0.469. The molecule has 1 saturated carbocycles. The van der Waals surface area contributed by atoms with Gasteiger partial charge in [-0.25, -0.2) is 4.57 Å². The van der Waals surface area contributed by atoms with Gasteiger partial charge < -0.3 is 0 Å². The van der Waals surface area contributed by atoms with Gasteiger partial charge >= 0.3 is 7.82 Å². The number of rotatable bonds is 9. The van der Waals surface area contributed by atoms with Gasteiger partial charge in [-0.05, 0) is 49.7 Å². The molecular weight excluding hydrogens is 299 g/mol. The Hall–Kier alpha value is -0.670. The first kappa shape index (κ1) is 17.7. The molecule has 5 heteroatoms. The van der Waals surface area contributed by atoms with Crippen LogP contribution in [0.3, 0.4) is 0 Å². The lowest BCUT2D eigenvalue weighted by Crippen LogP contribution is -2.00. The highest BCUT2D eigenvalue weighted by Gasteiger charge is 2.23. The van der Waals surface area contributed by atoms with Crippen LogP contribution in [-0.4, -0.2) is 20.3 Å². The summed E-state index contributed by atoms with van der Waals surface area (Å²) in [4.78, 5) is 0. The van der Waals surface area contributed by atoms with Crippen molar-refractivity contribution >= 4 is 7.82 Å². The van der Waals surface area contributed by atoms with Crippen LogP contribution in [0.5, 0.6) is 0 Å². The molecule has 0 aliphatic heterocycles. The van der Waals surface area contributed by atoms with E-state index < -0.39 is 7.82 Å². The van der Waals surface area contributed by atoms with Crippen LogP contribution in [0.15, 0.2) is 24.3 Å². The minimum Gasteiger partial charge on any atom is -0.290 e. The van der Waals surface area contributed by atoms with Crippen LogP contribution in [0.2, 0.25) is 0 Å².